The molecular weight excluding hydrogens is 244 g/mol. The summed E-state index contributed by atoms with van der Waals surface area (Å²) in [6.45, 7) is 12.2. The lowest BCUT2D eigenvalue weighted by Gasteiger charge is -2.33. The first-order valence-corrected chi connectivity index (χ1v) is 7.41. The first-order chi connectivity index (χ1) is 9.24. The van der Waals surface area contributed by atoms with Gasteiger partial charge in [-0.25, -0.2) is 0 Å². The highest BCUT2D eigenvalue weighted by atomic mass is 16.5. The second kappa shape index (κ2) is 6.84. The Bertz CT molecular complexity index is 440. The van der Waals surface area contributed by atoms with E-state index < -0.39 is 0 Å². The zero-order valence-corrected chi connectivity index (χ0v) is 13.6. The molecule has 0 saturated heterocycles. The van der Waals surface area contributed by atoms with E-state index in [1.54, 1.807) is 0 Å². The van der Waals surface area contributed by atoms with Crippen molar-refractivity contribution in [2.45, 2.75) is 59.3 Å². The maximum absolute atomic E-state index is 5.68. The van der Waals surface area contributed by atoms with Gasteiger partial charge in [-0.2, -0.15) is 0 Å². The largest absolute Gasteiger partial charge is 0.494 e. The van der Waals surface area contributed by atoms with Crippen molar-refractivity contribution in [3.05, 3.63) is 29.8 Å². The van der Waals surface area contributed by atoms with Gasteiger partial charge in [0.15, 0.2) is 0 Å². The molecule has 0 bridgehead atoms. The number of ether oxygens (including phenoxy) is 1. The lowest BCUT2D eigenvalue weighted by Crippen LogP contribution is -2.24. The highest BCUT2D eigenvalue weighted by Gasteiger charge is 2.27. The molecule has 0 aromatic heterocycles. The number of benzene rings is 1. The second-order valence-electron chi connectivity index (χ2n) is 7.30. The molecule has 1 heteroatoms. The minimum Gasteiger partial charge on any atom is -0.494 e. The Labute approximate surface area is 124 Å². The van der Waals surface area contributed by atoms with Crippen LogP contribution in [0.1, 0.15) is 59.4 Å². The number of unbranched alkanes of at least 4 members (excludes halogenated alkanes) is 1. The fraction of sp³-hybridized carbons (Fsp3) is 0.579. The molecule has 0 N–H and O–H groups in total. The molecule has 20 heavy (non-hydrogen) atoms. The van der Waals surface area contributed by atoms with Crippen molar-refractivity contribution in [3.63, 3.8) is 0 Å². The SMILES string of the molecule is C#CCCCOc1ccc(C(C)(C)CC(C)(C)C)cc1. The van der Waals surface area contributed by atoms with Crippen LogP contribution in [-0.4, -0.2) is 6.61 Å². The Morgan fingerprint density at radius 2 is 1.65 bits per heavy atom. The molecule has 0 aliphatic carbocycles. The summed E-state index contributed by atoms with van der Waals surface area (Å²) in [6.07, 6.45) is 8.06. The van der Waals surface area contributed by atoms with E-state index in [-0.39, 0.29) is 5.41 Å². The van der Waals surface area contributed by atoms with Crippen LogP contribution in [0.5, 0.6) is 5.75 Å². The van der Waals surface area contributed by atoms with E-state index in [4.69, 9.17) is 11.2 Å². The fourth-order valence-electron chi connectivity index (χ4n) is 2.79. The highest BCUT2D eigenvalue weighted by Crippen LogP contribution is 2.36. The number of hydrogen-bond acceptors (Lipinski definition) is 1. The van der Waals surface area contributed by atoms with Gasteiger partial charge in [0.05, 0.1) is 6.61 Å². The van der Waals surface area contributed by atoms with Crippen molar-refractivity contribution < 1.29 is 4.74 Å². The third kappa shape index (κ3) is 5.70. The molecule has 0 unspecified atom stereocenters. The average Bonchev–Trinajstić information content (AvgIpc) is 2.32. The van der Waals surface area contributed by atoms with Gasteiger partial charge in [0, 0.05) is 6.42 Å². The summed E-state index contributed by atoms with van der Waals surface area (Å²) in [5.74, 6) is 3.55. The van der Waals surface area contributed by atoms with Gasteiger partial charge in [-0.05, 0) is 41.4 Å². The van der Waals surface area contributed by atoms with Crippen LogP contribution in [0.25, 0.3) is 0 Å². The molecule has 0 spiro atoms. The van der Waals surface area contributed by atoms with Crippen LogP contribution in [0.4, 0.5) is 0 Å². The lowest BCUT2D eigenvalue weighted by molar-refractivity contribution is 0.283. The molecule has 110 valence electrons. The Kier molecular flexibility index (Phi) is 5.69. The lowest BCUT2D eigenvalue weighted by atomic mass is 9.72. The summed E-state index contributed by atoms with van der Waals surface area (Å²) in [4.78, 5) is 0. The third-order valence-corrected chi connectivity index (χ3v) is 3.34. The molecule has 0 atom stereocenters. The average molecular weight is 272 g/mol. The van der Waals surface area contributed by atoms with E-state index in [0.29, 0.717) is 12.0 Å². The van der Waals surface area contributed by atoms with Crippen molar-refractivity contribution >= 4 is 0 Å². The predicted molar refractivity (Wildman–Crippen MR) is 87.1 cm³/mol. The van der Waals surface area contributed by atoms with Crippen LogP contribution >= 0.6 is 0 Å². The Morgan fingerprint density at radius 1 is 1.05 bits per heavy atom. The maximum atomic E-state index is 5.68. The molecule has 0 aliphatic rings. The molecule has 1 nitrogen and oxygen atoms in total. The predicted octanol–water partition coefficient (Wildman–Crippen LogP) is 5.19. The van der Waals surface area contributed by atoms with Crippen molar-refractivity contribution in [1.82, 2.24) is 0 Å². The van der Waals surface area contributed by atoms with Crippen molar-refractivity contribution in [2.75, 3.05) is 6.61 Å². The van der Waals surface area contributed by atoms with E-state index in [9.17, 15) is 0 Å². The van der Waals surface area contributed by atoms with E-state index in [1.165, 1.54) is 5.56 Å². The molecule has 0 aliphatic heterocycles. The van der Waals surface area contributed by atoms with Gasteiger partial charge >= 0.3 is 0 Å². The number of rotatable bonds is 6. The van der Waals surface area contributed by atoms with E-state index in [2.05, 4.69) is 64.8 Å². The maximum Gasteiger partial charge on any atom is 0.119 e. The molecule has 0 fully saturated rings. The monoisotopic (exact) mass is 272 g/mol. The zero-order valence-electron chi connectivity index (χ0n) is 13.6. The van der Waals surface area contributed by atoms with Gasteiger partial charge in [0.1, 0.15) is 5.75 Å². The summed E-state index contributed by atoms with van der Waals surface area (Å²) in [5, 5.41) is 0. The van der Waals surface area contributed by atoms with Gasteiger partial charge in [0.2, 0.25) is 0 Å². The summed E-state index contributed by atoms with van der Waals surface area (Å²) in [7, 11) is 0. The summed E-state index contributed by atoms with van der Waals surface area (Å²) in [5.41, 5.74) is 1.87. The topological polar surface area (TPSA) is 9.23 Å². The van der Waals surface area contributed by atoms with Crippen molar-refractivity contribution in [2.24, 2.45) is 5.41 Å². The minimum atomic E-state index is 0.181. The first kappa shape index (κ1) is 16.6. The molecule has 1 aromatic carbocycles. The van der Waals surface area contributed by atoms with Gasteiger partial charge < -0.3 is 4.74 Å². The van der Waals surface area contributed by atoms with Crippen molar-refractivity contribution in [3.8, 4) is 18.1 Å². The first-order valence-electron chi connectivity index (χ1n) is 7.41. The quantitative estimate of drug-likeness (QED) is 0.511. The van der Waals surface area contributed by atoms with Crippen LogP contribution in [0.15, 0.2) is 24.3 Å². The van der Waals surface area contributed by atoms with Gasteiger partial charge in [-0.1, -0.05) is 46.8 Å². The Morgan fingerprint density at radius 3 is 2.15 bits per heavy atom. The standard InChI is InChI=1S/C19H28O/c1-7-8-9-14-20-17-12-10-16(11-13-17)19(5,6)15-18(2,3)4/h1,10-13H,8-9,14-15H2,2-6H3. The fourth-order valence-corrected chi connectivity index (χ4v) is 2.79. The van der Waals surface area contributed by atoms with Crippen LogP contribution in [-0.2, 0) is 5.41 Å². The Hall–Kier alpha value is -1.42. The van der Waals surface area contributed by atoms with Crippen LogP contribution in [0.2, 0.25) is 0 Å². The summed E-state index contributed by atoms with van der Waals surface area (Å²) < 4.78 is 5.68. The molecule has 0 heterocycles. The van der Waals surface area contributed by atoms with Crippen LogP contribution < -0.4 is 4.74 Å². The summed E-state index contributed by atoms with van der Waals surface area (Å²) in [6, 6.07) is 8.50. The summed E-state index contributed by atoms with van der Waals surface area (Å²) >= 11 is 0. The number of hydrogen-bond donors (Lipinski definition) is 0. The van der Waals surface area contributed by atoms with Crippen molar-refractivity contribution in [1.29, 1.82) is 0 Å². The van der Waals surface area contributed by atoms with Gasteiger partial charge in [-0.3, -0.25) is 0 Å². The zero-order chi connectivity index (χ0) is 15.2. The van der Waals surface area contributed by atoms with E-state index >= 15 is 0 Å². The normalized spacial score (nSPS) is 12.0. The van der Waals surface area contributed by atoms with E-state index in [0.717, 1.165) is 25.0 Å². The van der Waals surface area contributed by atoms with Gasteiger partial charge in [-0.15, -0.1) is 12.3 Å². The molecule has 1 aromatic rings. The molecule has 0 radical (unpaired) electrons. The van der Waals surface area contributed by atoms with Crippen LogP contribution in [0, 0.1) is 17.8 Å². The molecule has 1 rings (SSSR count). The third-order valence-electron chi connectivity index (χ3n) is 3.34. The van der Waals surface area contributed by atoms with Gasteiger partial charge in [0.25, 0.3) is 0 Å². The Balaban J connectivity index is 2.64. The molecule has 0 saturated carbocycles. The smallest absolute Gasteiger partial charge is 0.119 e. The highest BCUT2D eigenvalue weighted by molar-refractivity contribution is 5.31. The van der Waals surface area contributed by atoms with E-state index in [1.807, 2.05) is 0 Å². The number of terminal acetylenes is 1. The molecular formula is C19H28O. The minimum absolute atomic E-state index is 0.181. The van der Waals surface area contributed by atoms with Crippen LogP contribution in [0.3, 0.4) is 0 Å². The second-order valence-corrected chi connectivity index (χ2v) is 7.30. The molecule has 0 amide bonds.